The van der Waals surface area contributed by atoms with Crippen LogP contribution in [0.4, 0.5) is 4.39 Å². The highest BCUT2D eigenvalue weighted by atomic mass is 35.5. The van der Waals surface area contributed by atoms with Crippen molar-refractivity contribution in [2.75, 3.05) is 6.61 Å². The zero-order chi connectivity index (χ0) is 15.4. The molecule has 0 aliphatic rings. The van der Waals surface area contributed by atoms with Crippen molar-refractivity contribution < 1.29 is 13.9 Å². The number of aryl methyl sites for hydroxylation is 1. The Kier molecular flexibility index (Phi) is 4.90. The lowest BCUT2D eigenvalue weighted by Crippen LogP contribution is -2.12. The molecule has 0 saturated carbocycles. The molecule has 0 atom stereocenters. The third kappa shape index (κ3) is 3.58. The quantitative estimate of drug-likeness (QED) is 0.797. The summed E-state index contributed by atoms with van der Waals surface area (Å²) in [5.74, 6) is -0.0598. The highest BCUT2D eigenvalue weighted by molar-refractivity contribution is 6.30. The van der Waals surface area contributed by atoms with Gasteiger partial charge in [0.1, 0.15) is 18.1 Å². The van der Waals surface area contributed by atoms with Crippen LogP contribution in [-0.4, -0.2) is 27.3 Å². The van der Waals surface area contributed by atoms with E-state index in [2.05, 4.69) is 10.1 Å². The van der Waals surface area contributed by atoms with Crippen molar-refractivity contribution in [1.29, 1.82) is 0 Å². The van der Waals surface area contributed by atoms with Gasteiger partial charge >= 0.3 is 5.97 Å². The van der Waals surface area contributed by atoms with Gasteiger partial charge in [0.15, 0.2) is 5.82 Å². The summed E-state index contributed by atoms with van der Waals surface area (Å²) in [6, 6.07) is 4.35. The first-order valence-corrected chi connectivity index (χ1v) is 6.97. The maximum Gasteiger partial charge on any atom is 0.313 e. The molecule has 7 heteroatoms. The molecule has 0 saturated heterocycles. The van der Waals surface area contributed by atoms with Crippen LogP contribution in [-0.2, 0) is 22.5 Å². The molecule has 0 fully saturated rings. The summed E-state index contributed by atoms with van der Waals surface area (Å²) in [4.78, 5) is 15.8. The lowest BCUT2D eigenvalue weighted by Gasteiger charge is -2.02. The predicted octanol–water partition coefficient (Wildman–Crippen LogP) is 2.86. The number of benzene rings is 1. The second kappa shape index (κ2) is 6.67. The Balaban J connectivity index is 2.31. The molecule has 0 unspecified atom stereocenters. The van der Waals surface area contributed by atoms with Crippen LogP contribution in [0.1, 0.15) is 19.7 Å². The molecule has 0 spiro atoms. The van der Waals surface area contributed by atoms with E-state index in [1.807, 2.05) is 6.92 Å². The van der Waals surface area contributed by atoms with Crippen molar-refractivity contribution in [3.8, 4) is 11.4 Å². The molecule has 0 radical (unpaired) electrons. The highest BCUT2D eigenvalue weighted by Crippen LogP contribution is 2.22. The molecule has 1 aromatic heterocycles. The number of carbonyl (C=O) groups excluding carboxylic acids is 1. The number of ether oxygens (including phenoxy) is 1. The van der Waals surface area contributed by atoms with Gasteiger partial charge in [-0.05, 0) is 32.0 Å². The molecule has 0 aliphatic heterocycles. The van der Waals surface area contributed by atoms with Gasteiger partial charge in [-0.15, -0.1) is 0 Å². The fourth-order valence-electron chi connectivity index (χ4n) is 1.86. The van der Waals surface area contributed by atoms with E-state index < -0.39 is 5.82 Å². The van der Waals surface area contributed by atoms with Gasteiger partial charge < -0.3 is 4.74 Å². The SMILES string of the molecule is CCOC(=O)Cc1nc(-c2ccc(Cl)c(F)c2)nn1CC. The normalized spacial score (nSPS) is 10.7. The molecule has 2 rings (SSSR count). The number of esters is 1. The van der Waals surface area contributed by atoms with Crippen LogP contribution < -0.4 is 0 Å². The van der Waals surface area contributed by atoms with Crippen LogP contribution in [0.2, 0.25) is 5.02 Å². The highest BCUT2D eigenvalue weighted by Gasteiger charge is 2.15. The second-order valence-corrected chi connectivity index (χ2v) is 4.69. The summed E-state index contributed by atoms with van der Waals surface area (Å²) in [7, 11) is 0. The number of aromatic nitrogens is 3. The zero-order valence-corrected chi connectivity index (χ0v) is 12.5. The maximum absolute atomic E-state index is 13.5. The molecule has 2 aromatic rings. The summed E-state index contributed by atoms with van der Waals surface area (Å²) in [5.41, 5.74) is 0.509. The van der Waals surface area contributed by atoms with E-state index in [1.165, 1.54) is 12.1 Å². The number of halogens is 2. The standard InChI is InChI=1S/C14H15ClFN3O2/c1-3-19-12(8-13(20)21-4-2)17-14(18-19)9-5-6-10(15)11(16)7-9/h5-7H,3-4,8H2,1-2H3. The molecular formula is C14H15ClFN3O2. The third-order valence-electron chi connectivity index (χ3n) is 2.83. The number of carbonyl (C=O) groups is 1. The molecule has 1 heterocycles. The van der Waals surface area contributed by atoms with Crippen molar-refractivity contribution in [3.63, 3.8) is 0 Å². The Hall–Kier alpha value is -1.95. The first kappa shape index (κ1) is 15.4. The average Bonchev–Trinajstić information content (AvgIpc) is 2.85. The fourth-order valence-corrected chi connectivity index (χ4v) is 1.97. The van der Waals surface area contributed by atoms with E-state index in [1.54, 1.807) is 17.7 Å². The largest absolute Gasteiger partial charge is 0.466 e. The summed E-state index contributed by atoms with van der Waals surface area (Å²) >= 11 is 5.65. The zero-order valence-electron chi connectivity index (χ0n) is 11.8. The Morgan fingerprint density at radius 3 is 2.81 bits per heavy atom. The number of hydrogen-bond donors (Lipinski definition) is 0. The summed E-state index contributed by atoms with van der Waals surface area (Å²) in [5, 5.41) is 4.31. The molecule has 1 aromatic carbocycles. The van der Waals surface area contributed by atoms with Gasteiger partial charge in [0, 0.05) is 12.1 Å². The van der Waals surface area contributed by atoms with Crippen molar-refractivity contribution >= 4 is 17.6 Å². The molecular weight excluding hydrogens is 297 g/mol. The van der Waals surface area contributed by atoms with Crippen LogP contribution in [0, 0.1) is 5.82 Å². The van der Waals surface area contributed by atoms with E-state index >= 15 is 0 Å². The van der Waals surface area contributed by atoms with Gasteiger partial charge in [0.25, 0.3) is 0 Å². The van der Waals surface area contributed by atoms with Gasteiger partial charge in [-0.3, -0.25) is 4.79 Å². The third-order valence-corrected chi connectivity index (χ3v) is 3.14. The average molecular weight is 312 g/mol. The van der Waals surface area contributed by atoms with Crippen molar-refractivity contribution in [2.45, 2.75) is 26.8 Å². The fraction of sp³-hybridized carbons (Fsp3) is 0.357. The Morgan fingerprint density at radius 2 is 2.19 bits per heavy atom. The van der Waals surface area contributed by atoms with E-state index in [0.717, 1.165) is 0 Å². The number of nitrogens with zero attached hydrogens (tertiary/aromatic N) is 3. The topological polar surface area (TPSA) is 57.0 Å². The van der Waals surface area contributed by atoms with E-state index in [0.29, 0.717) is 30.4 Å². The van der Waals surface area contributed by atoms with Gasteiger partial charge in [-0.2, -0.15) is 5.10 Å². The van der Waals surface area contributed by atoms with E-state index in [4.69, 9.17) is 16.3 Å². The molecule has 0 N–H and O–H groups in total. The maximum atomic E-state index is 13.5. The van der Waals surface area contributed by atoms with Crippen molar-refractivity contribution in [1.82, 2.24) is 14.8 Å². The van der Waals surface area contributed by atoms with Gasteiger partial charge in [-0.1, -0.05) is 11.6 Å². The van der Waals surface area contributed by atoms with Crippen molar-refractivity contribution in [2.24, 2.45) is 0 Å². The molecule has 21 heavy (non-hydrogen) atoms. The number of rotatable bonds is 5. The van der Waals surface area contributed by atoms with Crippen LogP contribution in [0.15, 0.2) is 18.2 Å². The van der Waals surface area contributed by atoms with Gasteiger partial charge in [0.05, 0.1) is 11.6 Å². The molecule has 0 amide bonds. The summed E-state index contributed by atoms with van der Waals surface area (Å²) in [6.07, 6.45) is 0.0325. The minimum absolute atomic E-state index is 0.0325. The van der Waals surface area contributed by atoms with Crippen LogP contribution in [0.25, 0.3) is 11.4 Å². The van der Waals surface area contributed by atoms with Crippen LogP contribution in [0.3, 0.4) is 0 Å². The number of hydrogen-bond acceptors (Lipinski definition) is 4. The van der Waals surface area contributed by atoms with Gasteiger partial charge in [0.2, 0.25) is 0 Å². The smallest absolute Gasteiger partial charge is 0.313 e. The summed E-state index contributed by atoms with van der Waals surface area (Å²) in [6.45, 7) is 4.49. The summed E-state index contributed by atoms with van der Waals surface area (Å²) < 4.78 is 20.0. The minimum atomic E-state index is -0.533. The Morgan fingerprint density at radius 1 is 1.43 bits per heavy atom. The second-order valence-electron chi connectivity index (χ2n) is 4.28. The molecule has 112 valence electrons. The van der Waals surface area contributed by atoms with E-state index in [9.17, 15) is 9.18 Å². The Labute approximate surface area is 126 Å². The lowest BCUT2D eigenvalue weighted by molar-refractivity contribution is -0.142. The predicted molar refractivity (Wildman–Crippen MR) is 76.4 cm³/mol. The van der Waals surface area contributed by atoms with Crippen LogP contribution >= 0.6 is 11.6 Å². The molecule has 0 aliphatic carbocycles. The first-order valence-electron chi connectivity index (χ1n) is 6.59. The monoisotopic (exact) mass is 311 g/mol. The van der Waals surface area contributed by atoms with Gasteiger partial charge in [-0.25, -0.2) is 14.1 Å². The van der Waals surface area contributed by atoms with Crippen LogP contribution in [0.5, 0.6) is 0 Å². The molecule has 0 bridgehead atoms. The molecule has 5 nitrogen and oxygen atoms in total. The minimum Gasteiger partial charge on any atom is -0.466 e. The first-order chi connectivity index (χ1) is 10.0. The van der Waals surface area contributed by atoms with Crippen molar-refractivity contribution in [3.05, 3.63) is 34.9 Å². The Bertz CT molecular complexity index is 658. The van der Waals surface area contributed by atoms with E-state index in [-0.39, 0.29) is 17.4 Å². The lowest BCUT2D eigenvalue weighted by atomic mass is 10.2.